The van der Waals surface area contributed by atoms with Crippen molar-refractivity contribution < 1.29 is 13.0 Å². The second-order valence-electron chi connectivity index (χ2n) is 5.67. The number of aryl methyl sites for hydroxylation is 1. The molecule has 0 bridgehead atoms. The maximum Gasteiger partial charge on any atom is 0.294 e. The van der Waals surface area contributed by atoms with Crippen LogP contribution in [0.4, 0.5) is 0 Å². The van der Waals surface area contributed by atoms with Crippen LogP contribution in [0.5, 0.6) is 0 Å². The van der Waals surface area contributed by atoms with E-state index in [9.17, 15) is 13.0 Å². The Balaban J connectivity index is 2.74. The molecule has 0 radical (unpaired) electrons. The standard InChI is InChI=1S/C13H16Br2O3S/c1-7-5-6-9(19(16,17)18)10(8(7)2)11-12(3,4)13(11,14)15/h5-6,11H,1-4H3,(H,16,17,18). The summed E-state index contributed by atoms with van der Waals surface area (Å²) in [6.45, 7) is 7.93. The van der Waals surface area contributed by atoms with E-state index in [0.29, 0.717) is 5.56 Å². The van der Waals surface area contributed by atoms with Gasteiger partial charge in [-0.3, -0.25) is 4.55 Å². The second-order valence-corrected chi connectivity index (χ2v) is 10.6. The van der Waals surface area contributed by atoms with Crippen molar-refractivity contribution in [2.75, 3.05) is 0 Å². The molecule has 0 heterocycles. The zero-order chi connectivity index (χ0) is 14.8. The molecule has 1 atom stereocenters. The molecule has 0 amide bonds. The van der Waals surface area contributed by atoms with Gasteiger partial charge in [0, 0.05) is 5.92 Å². The van der Waals surface area contributed by atoms with Gasteiger partial charge in [0.15, 0.2) is 0 Å². The minimum atomic E-state index is -4.22. The predicted molar refractivity (Wildman–Crippen MR) is 82.8 cm³/mol. The maximum atomic E-state index is 11.6. The summed E-state index contributed by atoms with van der Waals surface area (Å²) in [5.74, 6) is -0.0168. The van der Waals surface area contributed by atoms with Crippen LogP contribution >= 0.6 is 31.9 Å². The Hall–Kier alpha value is 0.0900. The first kappa shape index (κ1) is 15.5. The van der Waals surface area contributed by atoms with Gasteiger partial charge in [-0.15, -0.1) is 0 Å². The van der Waals surface area contributed by atoms with E-state index in [-0.39, 0.29) is 19.5 Å². The summed E-state index contributed by atoms with van der Waals surface area (Å²) in [7, 11) is -4.22. The van der Waals surface area contributed by atoms with Gasteiger partial charge in [-0.25, -0.2) is 0 Å². The number of hydrogen-bond donors (Lipinski definition) is 1. The number of hydrogen-bond acceptors (Lipinski definition) is 2. The smallest absolute Gasteiger partial charge is 0.282 e. The molecule has 0 aromatic heterocycles. The van der Waals surface area contributed by atoms with Gasteiger partial charge in [-0.2, -0.15) is 8.42 Å². The normalized spacial score (nSPS) is 24.3. The van der Waals surface area contributed by atoms with Crippen LogP contribution in [0.3, 0.4) is 0 Å². The molecule has 2 rings (SSSR count). The van der Waals surface area contributed by atoms with Crippen molar-refractivity contribution >= 4 is 42.0 Å². The molecule has 106 valence electrons. The first-order chi connectivity index (χ1) is 8.42. The fraction of sp³-hybridized carbons (Fsp3) is 0.538. The average Bonchev–Trinajstić information content (AvgIpc) is 2.61. The Labute approximate surface area is 130 Å². The summed E-state index contributed by atoms with van der Waals surface area (Å²) >= 11 is 7.22. The van der Waals surface area contributed by atoms with Crippen LogP contribution < -0.4 is 0 Å². The number of benzene rings is 1. The zero-order valence-corrected chi connectivity index (χ0v) is 15.1. The lowest BCUT2D eigenvalue weighted by molar-refractivity contribution is 0.481. The molecule has 0 spiro atoms. The topological polar surface area (TPSA) is 54.4 Å². The Morgan fingerprint density at radius 3 is 2.05 bits per heavy atom. The highest BCUT2D eigenvalue weighted by Gasteiger charge is 2.70. The SMILES string of the molecule is Cc1ccc(S(=O)(=O)O)c(C2C(C)(C)C2(Br)Br)c1C. The van der Waals surface area contributed by atoms with E-state index in [1.54, 1.807) is 6.07 Å². The zero-order valence-electron chi connectivity index (χ0n) is 11.2. The largest absolute Gasteiger partial charge is 0.294 e. The third-order valence-electron chi connectivity index (χ3n) is 4.17. The molecule has 6 heteroatoms. The Morgan fingerprint density at radius 2 is 1.68 bits per heavy atom. The van der Waals surface area contributed by atoms with Crippen molar-refractivity contribution in [2.45, 2.75) is 41.7 Å². The second kappa shape index (κ2) is 4.29. The van der Waals surface area contributed by atoms with Crippen LogP contribution in [0.1, 0.15) is 36.5 Å². The van der Waals surface area contributed by atoms with Gasteiger partial charge in [-0.05, 0) is 42.0 Å². The minimum Gasteiger partial charge on any atom is -0.282 e. The highest BCUT2D eigenvalue weighted by atomic mass is 79.9. The molecule has 3 nitrogen and oxygen atoms in total. The number of alkyl halides is 2. The molecule has 0 saturated heterocycles. The summed E-state index contributed by atoms with van der Waals surface area (Å²) in [5.41, 5.74) is 2.49. The minimum absolute atomic E-state index is 0.00875. The van der Waals surface area contributed by atoms with Crippen molar-refractivity contribution in [2.24, 2.45) is 5.41 Å². The fourth-order valence-electron chi connectivity index (χ4n) is 2.60. The number of rotatable bonds is 2. The van der Waals surface area contributed by atoms with Crippen molar-refractivity contribution in [1.82, 2.24) is 0 Å². The molecule has 1 N–H and O–H groups in total. The maximum absolute atomic E-state index is 11.6. The van der Waals surface area contributed by atoms with Gasteiger partial charge in [0.1, 0.15) is 0 Å². The molecule has 1 aromatic carbocycles. The molecule has 19 heavy (non-hydrogen) atoms. The van der Waals surface area contributed by atoms with E-state index in [4.69, 9.17) is 0 Å². The van der Waals surface area contributed by atoms with Crippen LogP contribution in [0, 0.1) is 19.3 Å². The lowest BCUT2D eigenvalue weighted by atomic mass is 9.96. The van der Waals surface area contributed by atoms with Gasteiger partial charge in [0.2, 0.25) is 0 Å². The van der Waals surface area contributed by atoms with Crippen molar-refractivity contribution in [3.63, 3.8) is 0 Å². The molecular formula is C13H16Br2O3S. The lowest BCUT2D eigenvalue weighted by Gasteiger charge is -2.14. The first-order valence-corrected chi connectivity index (χ1v) is 8.90. The van der Waals surface area contributed by atoms with E-state index in [0.717, 1.165) is 11.1 Å². The molecular weight excluding hydrogens is 396 g/mol. The van der Waals surface area contributed by atoms with Crippen LogP contribution in [0.25, 0.3) is 0 Å². The molecule has 0 aliphatic heterocycles. The third-order valence-corrected chi connectivity index (χ3v) is 8.04. The average molecular weight is 412 g/mol. The number of halogens is 2. The first-order valence-electron chi connectivity index (χ1n) is 5.87. The monoisotopic (exact) mass is 410 g/mol. The summed E-state index contributed by atoms with van der Waals surface area (Å²) in [6, 6.07) is 3.21. The Bertz CT molecular complexity index is 634. The summed E-state index contributed by atoms with van der Waals surface area (Å²) in [4.78, 5) is 0.00875. The van der Waals surface area contributed by atoms with E-state index >= 15 is 0 Å². The van der Waals surface area contributed by atoms with E-state index in [1.807, 2.05) is 13.8 Å². The van der Waals surface area contributed by atoms with Crippen LogP contribution in [-0.4, -0.2) is 16.2 Å². The molecule has 1 aliphatic carbocycles. The Morgan fingerprint density at radius 1 is 1.21 bits per heavy atom. The van der Waals surface area contributed by atoms with Gasteiger partial charge in [-0.1, -0.05) is 51.8 Å². The molecule has 1 aromatic rings. The van der Waals surface area contributed by atoms with Crippen LogP contribution in [0.2, 0.25) is 0 Å². The van der Waals surface area contributed by atoms with Crippen LogP contribution in [-0.2, 0) is 10.1 Å². The predicted octanol–water partition coefficient (Wildman–Crippen LogP) is 4.16. The van der Waals surface area contributed by atoms with Crippen molar-refractivity contribution in [3.8, 4) is 0 Å². The molecule has 1 aliphatic rings. The highest BCUT2D eigenvalue weighted by Crippen LogP contribution is 2.76. The Kier molecular flexibility index (Phi) is 3.50. The molecule has 1 saturated carbocycles. The quantitative estimate of drug-likeness (QED) is 0.587. The van der Waals surface area contributed by atoms with Crippen molar-refractivity contribution in [3.05, 3.63) is 28.8 Å². The summed E-state index contributed by atoms with van der Waals surface area (Å²) in [6.07, 6.45) is 0. The molecule has 1 unspecified atom stereocenters. The fourth-order valence-corrected chi connectivity index (χ4v) is 5.22. The van der Waals surface area contributed by atoms with Crippen LogP contribution in [0.15, 0.2) is 17.0 Å². The lowest BCUT2D eigenvalue weighted by Crippen LogP contribution is -2.07. The summed E-state index contributed by atoms with van der Waals surface area (Å²) in [5, 5.41) is 0. The van der Waals surface area contributed by atoms with E-state index in [1.165, 1.54) is 6.07 Å². The third kappa shape index (κ3) is 2.20. The van der Waals surface area contributed by atoms with E-state index in [2.05, 4.69) is 45.7 Å². The van der Waals surface area contributed by atoms with E-state index < -0.39 is 10.1 Å². The highest BCUT2D eigenvalue weighted by molar-refractivity contribution is 9.25. The summed E-state index contributed by atoms with van der Waals surface area (Å²) < 4.78 is 32.3. The van der Waals surface area contributed by atoms with Gasteiger partial charge in [0.25, 0.3) is 10.1 Å². The van der Waals surface area contributed by atoms with Crippen molar-refractivity contribution in [1.29, 1.82) is 0 Å². The van der Waals surface area contributed by atoms with Gasteiger partial charge >= 0.3 is 0 Å². The van der Waals surface area contributed by atoms with Gasteiger partial charge < -0.3 is 0 Å². The molecule has 1 fully saturated rings. The van der Waals surface area contributed by atoms with Gasteiger partial charge in [0.05, 0.1) is 8.13 Å².